The summed E-state index contributed by atoms with van der Waals surface area (Å²) in [5.74, 6) is 0.0468. The van der Waals surface area contributed by atoms with E-state index in [1.54, 1.807) is 6.20 Å². The molecule has 2 aromatic rings. The summed E-state index contributed by atoms with van der Waals surface area (Å²) in [4.78, 5) is 17.5. The van der Waals surface area contributed by atoms with Gasteiger partial charge in [-0.1, -0.05) is 13.8 Å². The van der Waals surface area contributed by atoms with E-state index in [-0.39, 0.29) is 11.9 Å². The second-order valence-electron chi connectivity index (χ2n) is 4.89. The Labute approximate surface area is 113 Å². The number of aromatic amines is 1. The zero-order valence-electron chi connectivity index (χ0n) is 11.7. The standard InChI is InChI=1S/C15H21N3O/c1-4-11(5-2)18(3)15(19)13-9-17-14-7-6-10(16)8-12(13)14/h6-9,11,17H,4-5,16H2,1-3H3. The number of nitrogen functional groups attached to an aromatic ring is 1. The smallest absolute Gasteiger partial charge is 0.256 e. The Hall–Kier alpha value is -1.97. The Balaban J connectivity index is 2.38. The molecule has 1 amide bonds. The quantitative estimate of drug-likeness (QED) is 0.829. The molecule has 0 aliphatic heterocycles. The lowest BCUT2D eigenvalue weighted by atomic mass is 10.1. The average molecular weight is 259 g/mol. The minimum absolute atomic E-state index is 0.0468. The van der Waals surface area contributed by atoms with Crippen molar-refractivity contribution in [1.82, 2.24) is 9.88 Å². The van der Waals surface area contributed by atoms with Crippen molar-refractivity contribution in [2.75, 3.05) is 12.8 Å². The van der Waals surface area contributed by atoms with E-state index >= 15 is 0 Å². The van der Waals surface area contributed by atoms with Gasteiger partial charge in [0.25, 0.3) is 5.91 Å². The number of carbonyl (C=O) groups excluding carboxylic acids is 1. The summed E-state index contributed by atoms with van der Waals surface area (Å²) in [5, 5.41) is 0.891. The average Bonchev–Trinajstić information content (AvgIpc) is 2.82. The van der Waals surface area contributed by atoms with Crippen molar-refractivity contribution in [1.29, 1.82) is 0 Å². The number of hydrogen-bond acceptors (Lipinski definition) is 2. The first-order valence-electron chi connectivity index (χ1n) is 6.72. The van der Waals surface area contributed by atoms with Crippen LogP contribution in [0.1, 0.15) is 37.0 Å². The van der Waals surface area contributed by atoms with E-state index < -0.39 is 0 Å². The van der Waals surface area contributed by atoms with Gasteiger partial charge in [0.1, 0.15) is 0 Å². The Morgan fingerprint density at radius 1 is 1.37 bits per heavy atom. The highest BCUT2D eigenvalue weighted by molar-refractivity contribution is 6.07. The molecule has 2 rings (SSSR count). The molecule has 1 heterocycles. The lowest BCUT2D eigenvalue weighted by molar-refractivity contribution is 0.0726. The first-order chi connectivity index (χ1) is 9.08. The van der Waals surface area contributed by atoms with Crippen LogP contribution in [0.5, 0.6) is 0 Å². The summed E-state index contributed by atoms with van der Waals surface area (Å²) in [6.07, 6.45) is 3.69. The number of nitrogens with two attached hydrogens (primary N) is 1. The number of rotatable bonds is 4. The van der Waals surface area contributed by atoms with Crippen LogP contribution in [0.2, 0.25) is 0 Å². The molecule has 19 heavy (non-hydrogen) atoms. The lowest BCUT2D eigenvalue weighted by Gasteiger charge is -2.26. The number of H-pyrrole nitrogens is 1. The molecular weight excluding hydrogens is 238 g/mol. The maximum atomic E-state index is 12.6. The van der Waals surface area contributed by atoms with Crippen LogP contribution in [0.25, 0.3) is 10.9 Å². The maximum Gasteiger partial charge on any atom is 0.256 e. The largest absolute Gasteiger partial charge is 0.399 e. The van der Waals surface area contributed by atoms with Crippen LogP contribution < -0.4 is 5.73 Å². The van der Waals surface area contributed by atoms with Gasteiger partial charge in [-0.25, -0.2) is 0 Å². The molecule has 0 aliphatic carbocycles. The molecule has 3 N–H and O–H groups in total. The first-order valence-corrected chi connectivity index (χ1v) is 6.72. The third kappa shape index (κ3) is 2.43. The molecular formula is C15H21N3O. The summed E-state index contributed by atoms with van der Waals surface area (Å²) in [7, 11) is 1.87. The molecule has 0 fully saturated rings. The SMILES string of the molecule is CCC(CC)N(C)C(=O)c1c[nH]c2ccc(N)cc12. The van der Waals surface area contributed by atoms with Gasteiger partial charge < -0.3 is 15.6 Å². The predicted molar refractivity (Wildman–Crippen MR) is 79.2 cm³/mol. The molecule has 0 spiro atoms. The number of nitrogens with one attached hydrogen (secondary N) is 1. The topological polar surface area (TPSA) is 62.1 Å². The van der Waals surface area contributed by atoms with E-state index in [4.69, 9.17) is 5.73 Å². The molecule has 0 unspecified atom stereocenters. The van der Waals surface area contributed by atoms with Gasteiger partial charge >= 0.3 is 0 Å². The van der Waals surface area contributed by atoms with Crippen LogP contribution in [0.4, 0.5) is 5.69 Å². The molecule has 0 bridgehead atoms. The van der Waals surface area contributed by atoms with E-state index in [1.807, 2.05) is 30.1 Å². The van der Waals surface area contributed by atoms with Gasteiger partial charge in [-0.3, -0.25) is 4.79 Å². The Kier molecular flexibility index (Phi) is 3.79. The molecule has 0 atom stereocenters. The minimum Gasteiger partial charge on any atom is -0.399 e. The Morgan fingerprint density at radius 3 is 2.68 bits per heavy atom. The Bertz CT molecular complexity index is 584. The molecule has 0 aliphatic rings. The van der Waals surface area contributed by atoms with Crippen molar-refractivity contribution in [2.45, 2.75) is 32.7 Å². The highest BCUT2D eigenvalue weighted by Gasteiger charge is 2.21. The molecule has 4 heteroatoms. The predicted octanol–water partition coefficient (Wildman–Crippen LogP) is 3.01. The molecule has 1 aromatic carbocycles. The zero-order chi connectivity index (χ0) is 14.0. The van der Waals surface area contributed by atoms with Crippen LogP contribution in [-0.2, 0) is 0 Å². The van der Waals surface area contributed by atoms with Crippen molar-refractivity contribution in [2.24, 2.45) is 0 Å². The number of fused-ring (bicyclic) bond motifs is 1. The second-order valence-corrected chi connectivity index (χ2v) is 4.89. The molecule has 0 saturated heterocycles. The third-order valence-corrected chi connectivity index (χ3v) is 3.75. The normalized spacial score (nSPS) is 11.2. The second kappa shape index (κ2) is 5.34. The fourth-order valence-corrected chi connectivity index (χ4v) is 2.51. The van der Waals surface area contributed by atoms with Crippen LogP contribution >= 0.6 is 0 Å². The van der Waals surface area contributed by atoms with Gasteiger partial charge in [-0.2, -0.15) is 0 Å². The number of carbonyl (C=O) groups is 1. The fourth-order valence-electron chi connectivity index (χ4n) is 2.51. The number of benzene rings is 1. The summed E-state index contributed by atoms with van der Waals surface area (Å²) < 4.78 is 0. The number of nitrogens with zero attached hydrogens (tertiary/aromatic N) is 1. The highest BCUT2D eigenvalue weighted by atomic mass is 16.2. The molecule has 102 valence electrons. The van der Waals surface area contributed by atoms with Gasteiger partial charge in [0, 0.05) is 35.9 Å². The highest BCUT2D eigenvalue weighted by Crippen LogP contribution is 2.23. The fraction of sp³-hybridized carbons (Fsp3) is 0.400. The first kappa shape index (κ1) is 13.5. The van der Waals surface area contributed by atoms with Crippen molar-refractivity contribution >= 4 is 22.5 Å². The van der Waals surface area contributed by atoms with Crippen molar-refractivity contribution in [3.8, 4) is 0 Å². The Morgan fingerprint density at radius 2 is 2.05 bits per heavy atom. The summed E-state index contributed by atoms with van der Waals surface area (Å²) >= 11 is 0. The maximum absolute atomic E-state index is 12.6. The van der Waals surface area contributed by atoms with Gasteiger partial charge in [-0.15, -0.1) is 0 Å². The van der Waals surface area contributed by atoms with Crippen molar-refractivity contribution in [3.05, 3.63) is 30.0 Å². The van der Waals surface area contributed by atoms with Crippen LogP contribution in [0, 0.1) is 0 Å². The zero-order valence-corrected chi connectivity index (χ0v) is 11.7. The summed E-state index contributed by atoms with van der Waals surface area (Å²) in [6, 6.07) is 5.86. The minimum atomic E-state index is 0.0468. The van der Waals surface area contributed by atoms with Crippen molar-refractivity contribution in [3.63, 3.8) is 0 Å². The van der Waals surface area contributed by atoms with Gasteiger partial charge in [-0.05, 0) is 31.0 Å². The summed E-state index contributed by atoms with van der Waals surface area (Å²) in [6.45, 7) is 4.20. The number of anilines is 1. The monoisotopic (exact) mass is 259 g/mol. The van der Waals surface area contributed by atoms with Gasteiger partial charge in [0.2, 0.25) is 0 Å². The summed E-state index contributed by atoms with van der Waals surface area (Å²) in [5.41, 5.74) is 8.11. The van der Waals surface area contributed by atoms with Gasteiger partial charge in [0.15, 0.2) is 0 Å². The van der Waals surface area contributed by atoms with E-state index in [0.717, 1.165) is 23.7 Å². The molecule has 1 aromatic heterocycles. The van der Waals surface area contributed by atoms with E-state index in [0.29, 0.717) is 11.3 Å². The molecule has 0 radical (unpaired) electrons. The van der Waals surface area contributed by atoms with E-state index in [2.05, 4.69) is 18.8 Å². The molecule has 4 nitrogen and oxygen atoms in total. The number of hydrogen-bond donors (Lipinski definition) is 2. The van der Waals surface area contributed by atoms with Crippen LogP contribution in [-0.4, -0.2) is 28.9 Å². The third-order valence-electron chi connectivity index (χ3n) is 3.75. The lowest BCUT2D eigenvalue weighted by Crippen LogP contribution is -2.36. The van der Waals surface area contributed by atoms with E-state index in [1.165, 1.54) is 0 Å². The van der Waals surface area contributed by atoms with Gasteiger partial charge in [0.05, 0.1) is 5.56 Å². The van der Waals surface area contributed by atoms with Crippen LogP contribution in [0.15, 0.2) is 24.4 Å². The number of aromatic nitrogens is 1. The number of amides is 1. The molecule has 0 saturated carbocycles. The van der Waals surface area contributed by atoms with E-state index in [9.17, 15) is 4.79 Å². The van der Waals surface area contributed by atoms with Crippen LogP contribution in [0.3, 0.4) is 0 Å². The van der Waals surface area contributed by atoms with Crippen molar-refractivity contribution < 1.29 is 4.79 Å².